The number of rotatable bonds is 7. The van der Waals surface area contributed by atoms with E-state index in [4.69, 9.17) is 14.2 Å². The maximum absolute atomic E-state index is 13.1. The number of aryl methyl sites for hydroxylation is 1. The van der Waals surface area contributed by atoms with E-state index >= 15 is 0 Å². The van der Waals surface area contributed by atoms with Crippen molar-refractivity contribution in [3.8, 4) is 0 Å². The lowest BCUT2D eigenvalue weighted by molar-refractivity contribution is -0.0569. The van der Waals surface area contributed by atoms with Gasteiger partial charge in [-0.1, -0.05) is 41.5 Å². The van der Waals surface area contributed by atoms with E-state index in [2.05, 4.69) is 25.0 Å². The molecule has 4 atom stereocenters. The Morgan fingerprint density at radius 3 is 2.37 bits per heavy atom. The van der Waals surface area contributed by atoms with Crippen LogP contribution in [0.1, 0.15) is 39.6 Å². The summed E-state index contributed by atoms with van der Waals surface area (Å²) in [5.74, 6) is -1.22. The summed E-state index contributed by atoms with van der Waals surface area (Å²) in [7, 11) is 0. The van der Waals surface area contributed by atoms with Crippen molar-refractivity contribution in [2.45, 2.75) is 37.8 Å². The van der Waals surface area contributed by atoms with E-state index in [1.807, 2.05) is 0 Å². The zero-order valence-electron chi connectivity index (χ0n) is 20.5. The number of nitrogens with zero attached hydrogens (tertiary/aromatic N) is 7. The minimum atomic E-state index is -1.46. The first-order valence-electron chi connectivity index (χ1n) is 11.8. The van der Waals surface area contributed by atoms with Gasteiger partial charge in [0.2, 0.25) is 0 Å². The van der Waals surface area contributed by atoms with E-state index in [-0.39, 0.29) is 6.61 Å². The predicted octanol–water partition coefficient (Wildman–Crippen LogP) is 4.18. The highest BCUT2D eigenvalue weighted by atomic mass is 16.6. The topological polar surface area (TPSA) is 154 Å². The average molecular weight is 514 g/mol. The molecule has 12 heteroatoms. The highest BCUT2D eigenvalue weighted by Gasteiger charge is 2.57. The molecule has 2 aromatic heterocycles. The molecule has 2 aromatic carbocycles. The normalized spacial score (nSPS) is 22.5. The van der Waals surface area contributed by atoms with E-state index in [0.29, 0.717) is 28.0 Å². The van der Waals surface area contributed by atoms with Gasteiger partial charge in [0.15, 0.2) is 11.9 Å². The number of ether oxygens (including phenoxy) is 3. The molecule has 0 saturated carbocycles. The van der Waals surface area contributed by atoms with Gasteiger partial charge in [0.1, 0.15) is 36.2 Å². The predicted molar refractivity (Wildman–Crippen MR) is 134 cm³/mol. The average Bonchev–Trinajstić information content (AvgIpc) is 3.48. The van der Waals surface area contributed by atoms with Crippen molar-refractivity contribution in [1.82, 2.24) is 19.5 Å². The zero-order valence-corrected chi connectivity index (χ0v) is 20.5. The number of carbonyl (C=O) groups is 2. The van der Waals surface area contributed by atoms with Gasteiger partial charge in [0.05, 0.1) is 23.1 Å². The maximum Gasteiger partial charge on any atom is 0.338 e. The van der Waals surface area contributed by atoms with Crippen LogP contribution in [0.2, 0.25) is 0 Å². The van der Waals surface area contributed by atoms with Gasteiger partial charge >= 0.3 is 11.9 Å². The second-order valence-electron chi connectivity index (χ2n) is 8.88. The molecule has 3 heterocycles. The Labute approximate surface area is 216 Å². The molecule has 0 aliphatic carbocycles. The summed E-state index contributed by atoms with van der Waals surface area (Å²) >= 11 is 0. The fourth-order valence-corrected chi connectivity index (χ4v) is 4.48. The van der Waals surface area contributed by atoms with Crippen LogP contribution in [-0.2, 0) is 14.2 Å². The second kappa shape index (κ2) is 10.3. The first-order valence-corrected chi connectivity index (χ1v) is 11.8. The molecule has 12 nitrogen and oxygen atoms in total. The van der Waals surface area contributed by atoms with Crippen LogP contribution in [0.25, 0.3) is 21.6 Å². The lowest BCUT2D eigenvalue weighted by Gasteiger charge is -2.30. The molecule has 0 N–H and O–H groups in total. The number of esters is 2. The lowest BCUT2D eigenvalue weighted by atomic mass is 9.92. The van der Waals surface area contributed by atoms with Gasteiger partial charge in [0, 0.05) is 4.91 Å². The third kappa shape index (κ3) is 4.54. The summed E-state index contributed by atoms with van der Waals surface area (Å²) in [6.07, 6.45) is -0.207. The fourth-order valence-electron chi connectivity index (χ4n) is 4.48. The van der Waals surface area contributed by atoms with Crippen LogP contribution in [0, 0.1) is 6.92 Å². The summed E-state index contributed by atoms with van der Waals surface area (Å²) in [6, 6.07) is 16.9. The second-order valence-corrected chi connectivity index (χ2v) is 8.88. The summed E-state index contributed by atoms with van der Waals surface area (Å²) in [6.45, 7) is 3.13. The van der Waals surface area contributed by atoms with E-state index in [0.717, 1.165) is 0 Å². The van der Waals surface area contributed by atoms with Crippen LogP contribution in [-0.4, -0.2) is 55.8 Å². The highest BCUT2D eigenvalue weighted by molar-refractivity contribution is 5.90. The van der Waals surface area contributed by atoms with Crippen LogP contribution in [0.3, 0.4) is 0 Å². The third-order valence-electron chi connectivity index (χ3n) is 6.40. The van der Waals surface area contributed by atoms with Crippen molar-refractivity contribution in [3.05, 3.63) is 101 Å². The van der Waals surface area contributed by atoms with Crippen molar-refractivity contribution in [3.63, 3.8) is 0 Å². The van der Waals surface area contributed by atoms with Crippen molar-refractivity contribution in [2.75, 3.05) is 6.61 Å². The Balaban J connectivity index is 1.52. The number of fused-ring (bicyclic) bond motifs is 1. The molecule has 1 aliphatic rings. The SMILES string of the molecule is Cc1ncnc2c1ncn2C1O[C@H](COC(=O)c2ccccc2)[C@@H](OC(=O)c2ccccc2)C1(C)N=[N+]=[N-]. The Bertz CT molecular complexity index is 1520. The molecular formula is C26H23N7O5. The molecule has 4 aromatic rings. The number of imidazole rings is 1. The Morgan fingerprint density at radius 1 is 1.05 bits per heavy atom. The number of aromatic nitrogens is 4. The van der Waals surface area contributed by atoms with Crippen LogP contribution in [0.5, 0.6) is 0 Å². The molecular weight excluding hydrogens is 490 g/mol. The summed E-state index contributed by atoms with van der Waals surface area (Å²) in [5.41, 5.74) is 10.3. The fraction of sp³-hybridized carbons (Fsp3) is 0.269. The Hall–Kier alpha value is -4.80. The zero-order chi connectivity index (χ0) is 26.7. The largest absolute Gasteiger partial charge is 0.459 e. The van der Waals surface area contributed by atoms with Crippen molar-refractivity contribution in [2.24, 2.45) is 5.11 Å². The standard InChI is InChI=1S/C26H23N7O5/c1-16-20-22(29-14-28-16)33(15-30-20)25-26(2,31-32-27)21(38-24(35)18-11-7-4-8-12-18)19(37-25)13-36-23(34)17-9-5-3-6-10-17/h3-12,14-15,19,21,25H,13H2,1-2H3/t19-,21-,25?,26?/m1/s1. The Kier molecular flexibility index (Phi) is 6.73. The number of carbonyl (C=O) groups excluding carboxylic acids is 2. The molecule has 192 valence electrons. The van der Waals surface area contributed by atoms with Crippen molar-refractivity contribution < 1.29 is 23.8 Å². The molecule has 0 radical (unpaired) electrons. The van der Waals surface area contributed by atoms with Gasteiger partial charge < -0.3 is 14.2 Å². The first-order chi connectivity index (χ1) is 18.4. The van der Waals surface area contributed by atoms with Crippen LogP contribution >= 0.6 is 0 Å². The smallest absolute Gasteiger partial charge is 0.338 e. The highest BCUT2D eigenvalue weighted by Crippen LogP contribution is 2.44. The maximum atomic E-state index is 13.1. The first kappa shape index (κ1) is 24.9. The van der Waals surface area contributed by atoms with Crippen LogP contribution in [0.4, 0.5) is 0 Å². The molecule has 0 bridgehead atoms. The molecule has 1 aliphatic heterocycles. The molecule has 5 rings (SSSR count). The minimum absolute atomic E-state index is 0.270. The van der Waals surface area contributed by atoms with E-state index in [1.165, 1.54) is 12.7 Å². The van der Waals surface area contributed by atoms with Crippen molar-refractivity contribution >= 4 is 23.1 Å². The number of azide groups is 1. The molecule has 38 heavy (non-hydrogen) atoms. The molecule has 1 fully saturated rings. The van der Waals surface area contributed by atoms with E-state index in [9.17, 15) is 15.1 Å². The van der Waals surface area contributed by atoms with Crippen molar-refractivity contribution in [1.29, 1.82) is 0 Å². The molecule has 0 spiro atoms. The monoisotopic (exact) mass is 513 g/mol. The number of benzene rings is 2. The molecule has 1 saturated heterocycles. The van der Waals surface area contributed by atoms with E-state index < -0.39 is 35.9 Å². The summed E-state index contributed by atoms with van der Waals surface area (Å²) in [5, 5.41) is 4.03. The molecule has 2 unspecified atom stereocenters. The Morgan fingerprint density at radius 2 is 1.71 bits per heavy atom. The van der Waals surface area contributed by atoms with Gasteiger partial charge in [-0.05, 0) is 43.6 Å². The van der Waals surface area contributed by atoms with E-state index in [1.54, 1.807) is 79.1 Å². The third-order valence-corrected chi connectivity index (χ3v) is 6.40. The number of hydrogen-bond donors (Lipinski definition) is 0. The van der Waals surface area contributed by atoms with Gasteiger partial charge in [-0.3, -0.25) is 4.57 Å². The molecule has 0 amide bonds. The minimum Gasteiger partial charge on any atom is -0.459 e. The van der Waals surface area contributed by atoms with Crippen LogP contribution < -0.4 is 0 Å². The van der Waals surface area contributed by atoms with Gasteiger partial charge in [0.25, 0.3) is 0 Å². The summed E-state index contributed by atoms with van der Waals surface area (Å²) < 4.78 is 19.3. The van der Waals surface area contributed by atoms with Crippen LogP contribution in [0.15, 0.2) is 78.4 Å². The van der Waals surface area contributed by atoms with Gasteiger partial charge in [-0.15, -0.1) is 0 Å². The van der Waals surface area contributed by atoms with Gasteiger partial charge in [-0.25, -0.2) is 24.5 Å². The van der Waals surface area contributed by atoms with Gasteiger partial charge in [-0.2, -0.15) is 0 Å². The summed E-state index contributed by atoms with van der Waals surface area (Å²) in [4.78, 5) is 41.7. The number of hydrogen-bond acceptors (Lipinski definition) is 9. The quantitative estimate of drug-likeness (QED) is 0.154. The lowest BCUT2D eigenvalue weighted by Crippen LogP contribution is -2.46.